The van der Waals surface area contributed by atoms with Gasteiger partial charge >= 0.3 is 0 Å². The van der Waals surface area contributed by atoms with E-state index in [1.165, 1.54) is 0 Å². The molecule has 0 amide bonds. The summed E-state index contributed by atoms with van der Waals surface area (Å²) in [6.07, 6.45) is 4.53. The van der Waals surface area contributed by atoms with E-state index in [0.29, 0.717) is 0 Å². The minimum atomic E-state index is 0.858. The van der Waals surface area contributed by atoms with E-state index in [1.807, 2.05) is 23.0 Å². The molecule has 0 spiro atoms. The number of rotatable bonds is 3. The zero-order chi connectivity index (χ0) is 13.2. The van der Waals surface area contributed by atoms with Crippen LogP contribution in [-0.2, 0) is 6.42 Å². The van der Waals surface area contributed by atoms with E-state index in [1.54, 1.807) is 6.26 Å². The maximum atomic E-state index is 5.43. The van der Waals surface area contributed by atoms with Crippen LogP contribution in [0.25, 0.3) is 17.0 Å². The summed E-state index contributed by atoms with van der Waals surface area (Å²) < 4.78 is 7.25. The molecule has 1 aromatic carbocycles. The van der Waals surface area contributed by atoms with E-state index in [4.69, 9.17) is 4.42 Å². The fourth-order valence-electron chi connectivity index (χ4n) is 2.03. The number of aromatic nitrogens is 3. The maximum absolute atomic E-state index is 5.43. The number of aryl methyl sites for hydroxylation is 2. The first-order valence-electron chi connectivity index (χ1n) is 6.34. The first-order chi connectivity index (χ1) is 9.28. The van der Waals surface area contributed by atoms with E-state index in [-0.39, 0.29) is 0 Å². The highest BCUT2D eigenvalue weighted by Gasteiger charge is 2.08. The van der Waals surface area contributed by atoms with Crippen molar-refractivity contribution in [3.63, 3.8) is 0 Å². The fraction of sp³-hybridized carbons (Fsp3) is 0.200. The van der Waals surface area contributed by atoms with Gasteiger partial charge in [0.1, 0.15) is 5.76 Å². The van der Waals surface area contributed by atoms with Crippen molar-refractivity contribution in [3.8, 4) is 17.0 Å². The third-order valence-electron chi connectivity index (χ3n) is 3.16. The van der Waals surface area contributed by atoms with Crippen LogP contribution in [0.2, 0.25) is 0 Å². The van der Waals surface area contributed by atoms with Crippen molar-refractivity contribution in [3.05, 3.63) is 54.0 Å². The number of nitrogens with zero attached hydrogens (tertiary/aromatic N) is 3. The van der Waals surface area contributed by atoms with Gasteiger partial charge in [0.25, 0.3) is 0 Å². The molecule has 0 aliphatic rings. The van der Waals surface area contributed by atoms with Crippen molar-refractivity contribution in [1.82, 2.24) is 15.0 Å². The Morgan fingerprint density at radius 2 is 2.16 bits per heavy atom. The highest BCUT2D eigenvalue weighted by atomic mass is 16.3. The zero-order valence-electron chi connectivity index (χ0n) is 11.0. The molecule has 4 nitrogen and oxygen atoms in total. The van der Waals surface area contributed by atoms with Gasteiger partial charge in [-0.15, -0.1) is 5.10 Å². The van der Waals surface area contributed by atoms with Crippen molar-refractivity contribution in [1.29, 1.82) is 0 Å². The number of furan rings is 1. The van der Waals surface area contributed by atoms with Crippen molar-refractivity contribution in [2.75, 3.05) is 0 Å². The molecule has 0 fully saturated rings. The standard InChI is InChI=1S/C15H15N3O/c1-3-13-10-18(17-16-13)14-9-12(7-6-11(14)2)15-5-4-8-19-15/h4-10H,3H2,1-2H3. The minimum absolute atomic E-state index is 0.858. The van der Waals surface area contributed by atoms with Gasteiger partial charge in [-0.25, -0.2) is 4.68 Å². The Bertz CT molecular complexity index is 683. The molecule has 3 rings (SSSR count). The smallest absolute Gasteiger partial charge is 0.133 e. The van der Waals surface area contributed by atoms with E-state index in [2.05, 4.69) is 42.4 Å². The summed E-state index contributed by atoms with van der Waals surface area (Å²) in [7, 11) is 0. The van der Waals surface area contributed by atoms with Crippen molar-refractivity contribution >= 4 is 0 Å². The number of hydrogen-bond acceptors (Lipinski definition) is 3. The lowest BCUT2D eigenvalue weighted by Crippen LogP contribution is -1.98. The summed E-state index contributed by atoms with van der Waals surface area (Å²) in [5.41, 5.74) is 4.21. The Balaban J connectivity index is 2.07. The summed E-state index contributed by atoms with van der Waals surface area (Å²) in [6, 6.07) is 10.0. The van der Waals surface area contributed by atoms with Crippen LogP contribution in [0.4, 0.5) is 0 Å². The Morgan fingerprint density at radius 3 is 2.84 bits per heavy atom. The Morgan fingerprint density at radius 1 is 1.26 bits per heavy atom. The van der Waals surface area contributed by atoms with E-state index in [0.717, 1.165) is 34.7 Å². The molecule has 0 radical (unpaired) electrons. The summed E-state index contributed by atoms with van der Waals surface area (Å²) >= 11 is 0. The van der Waals surface area contributed by atoms with E-state index < -0.39 is 0 Å². The SMILES string of the molecule is CCc1cn(-c2cc(-c3ccco3)ccc2C)nn1. The molecule has 2 aromatic heterocycles. The van der Waals surface area contributed by atoms with Crippen LogP contribution < -0.4 is 0 Å². The van der Waals surface area contributed by atoms with E-state index in [9.17, 15) is 0 Å². The lowest BCUT2D eigenvalue weighted by Gasteiger charge is -2.07. The van der Waals surface area contributed by atoms with Gasteiger partial charge < -0.3 is 4.42 Å². The molecule has 0 aliphatic heterocycles. The molecular formula is C15H15N3O. The highest BCUT2D eigenvalue weighted by molar-refractivity contribution is 5.62. The molecule has 0 aliphatic carbocycles. The monoisotopic (exact) mass is 253 g/mol. The maximum Gasteiger partial charge on any atom is 0.133 e. The predicted octanol–water partition coefficient (Wildman–Crippen LogP) is 3.40. The minimum Gasteiger partial charge on any atom is -0.464 e. The second-order valence-corrected chi connectivity index (χ2v) is 4.49. The Kier molecular flexibility index (Phi) is 2.91. The molecule has 2 heterocycles. The second kappa shape index (κ2) is 4.72. The molecule has 4 heteroatoms. The third-order valence-corrected chi connectivity index (χ3v) is 3.16. The summed E-state index contributed by atoms with van der Waals surface area (Å²) in [4.78, 5) is 0. The summed E-state index contributed by atoms with van der Waals surface area (Å²) in [5, 5.41) is 8.31. The molecule has 0 bridgehead atoms. The van der Waals surface area contributed by atoms with E-state index >= 15 is 0 Å². The summed E-state index contributed by atoms with van der Waals surface area (Å²) in [5.74, 6) is 0.858. The molecular weight excluding hydrogens is 238 g/mol. The van der Waals surface area contributed by atoms with Gasteiger partial charge in [-0.05, 0) is 37.1 Å². The zero-order valence-corrected chi connectivity index (χ0v) is 11.0. The molecule has 0 saturated carbocycles. The van der Waals surface area contributed by atoms with Crippen LogP contribution in [0.1, 0.15) is 18.2 Å². The number of hydrogen-bond donors (Lipinski definition) is 0. The fourth-order valence-corrected chi connectivity index (χ4v) is 2.03. The molecule has 96 valence electrons. The topological polar surface area (TPSA) is 43.9 Å². The first kappa shape index (κ1) is 11.7. The van der Waals surface area contributed by atoms with Crippen LogP contribution in [-0.4, -0.2) is 15.0 Å². The van der Waals surface area contributed by atoms with Gasteiger partial charge in [0.05, 0.1) is 23.8 Å². The predicted molar refractivity (Wildman–Crippen MR) is 73.2 cm³/mol. The van der Waals surface area contributed by atoms with Crippen LogP contribution in [0.5, 0.6) is 0 Å². The lowest BCUT2D eigenvalue weighted by atomic mass is 10.1. The molecule has 0 unspecified atom stereocenters. The van der Waals surface area contributed by atoms with Crippen molar-refractivity contribution < 1.29 is 4.42 Å². The van der Waals surface area contributed by atoms with Crippen molar-refractivity contribution in [2.24, 2.45) is 0 Å². The quantitative estimate of drug-likeness (QED) is 0.718. The third kappa shape index (κ3) is 2.17. The molecule has 3 aromatic rings. The largest absolute Gasteiger partial charge is 0.464 e. The van der Waals surface area contributed by atoms with Gasteiger partial charge in [-0.2, -0.15) is 0 Å². The Labute approximate surface area is 111 Å². The first-order valence-corrected chi connectivity index (χ1v) is 6.34. The van der Waals surface area contributed by atoms with Gasteiger partial charge in [-0.1, -0.05) is 24.3 Å². The molecule has 0 saturated heterocycles. The van der Waals surface area contributed by atoms with Gasteiger partial charge in [0.15, 0.2) is 0 Å². The normalized spacial score (nSPS) is 10.8. The summed E-state index contributed by atoms with van der Waals surface area (Å²) in [6.45, 7) is 4.13. The average molecular weight is 253 g/mol. The molecule has 19 heavy (non-hydrogen) atoms. The lowest BCUT2D eigenvalue weighted by molar-refractivity contribution is 0.582. The van der Waals surface area contributed by atoms with Gasteiger partial charge in [-0.3, -0.25) is 0 Å². The van der Waals surface area contributed by atoms with Crippen LogP contribution in [0.15, 0.2) is 47.2 Å². The molecule has 0 atom stereocenters. The highest BCUT2D eigenvalue weighted by Crippen LogP contribution is 2.24. The Hall–Kier alpha value is -2.36. The second-order valence-electron chi connectivity index (χ2n) is 4.49. The average Bonchev–Trinajstić information content (AvgIpc) is 3.10. The van der Waals surface area contributed by atoms with Gasteiger partial charge in [0.2, 0.25) is 0 Å². The molecule has 0 N–H and O–H groups in total. The van der Waals surface area contributed by atoms with Crippen LogP contribution >= 0.6 is 0 Å². The van der Waals surface area contributed by atoms with Gasteiger partial charge in [0, 0.05) is 5.56 Å². The number of benzene rings is 1. The van der Waals surface area contributed by atoms with Crippen LogP contribution in [0, 0.1) is 6.92 Å². The van der Waals surface area contributed by atoms with Crippen LogP contribution in [0.3, 0.4) is 0 Å². The van der Waals surface area contributed by atoms with Crippen molar-refractivity contribution in [2.45, 2.75) is 20.3 Å².